The van der Waals surface area contributed by atoms with Crippen molar-refractivity contribution in [1.29, 1.82) is 5.26 Å². The van der Waals surface area contributed by atoms with E-state index < -0.39 is 11.9 Å². The number of rotatable bonds is 10. The largest absolute Gasteiger partial charge is 0.485 e. The molecule has 1 aliphatic rings. The Morgan fingerprint density at radius 2 is 1.88 bits per heavy atom. The highest BCUT2D eigenvalue weighted by atomic mass is 16.5. The number of carbonyl (C=O) groups is 1. The van der Waals surface area contributed by atoms with Gasteiger partial charge < -0.3 is 14.6 Å². The second kappa shape index (κ2) is 12.5. The molecule has 0 saturated heterocycles. The van der Waals surface area contributed by atoms with Gasteiger partial charge in [-0.25, -0.2) is 4.98 Å². The van der Waals surface area contributed by atoms with E-state index in [1.165, 1.54) is 0 Å². The van der Waals surface area contributed by atoms with Crippen LogP contribution >= 0.6 is 0 Å². The summed E-state index contributed by atoms with van der Waals surface area (Å²) in [6, 6.07) is 17.3. The Bertz CT molecular complexity index is 1400. The van der Waals surface area contributed by atoms with Crippen molar-refractivity contribution in [3.63, 3.8) is 0 Å². The molecule has 2 aromatic carbocycles. The van der Waals surface area contributed by atoms with E-state index in [1.54, 1.807) is 20.2 Å². The maximum absolute atomic E-state index is 11.4. The molecule has 0 bridgehead atoms. The first-order chi connectivity index (χ1) is 19.1. The van der Waals surface area contributed by atoms with Gasteiger partial charge in [0, 0.05) is 36.5 Å². The molecule has 0 fully saturated rings. The lowest BCUT2D eigenvalue weighted by molar-refractivity contribution is -0.141. The standard InChI is InChI=1S/C33H39N3O4/c1-20(2)36(21(3)4)19-26-15-25(9-11-28(26)29-16-32(39-6)35-18-27(29)17-34)30-12-10-24-8-7-23(14-31(24)40-30)13-22(5)33(37)38/h7-9,11,14-16,18,20-22,30H,10,12-13,19H2,1-6H3,(H,37,38)/t22-,30-/m0/s1. The lowest BCUT2D eigenvalue weighted by atomic mass is 9.90. The summed E-state index contributed by atoms with van der Waals surface area (Å²) >= 11 is 0. The predicted octanol–water partition coefficient (Wildman–Crippen LogP) is 6.58. The van der Waals surface area contributed by atoms with E-state index in [9.17, 15) is 15.2 Å². The summed E-state index contributed by atoms with van der Waals surface area (Å²) in [4.78, 5) is 18.0. The molecule has 1 N–H and O–H groups in total. The summed E-state index contributed by atoms with van der Waals surface area (Å²) < 4.78 is 11.9. The molecule has 0 radical (unpaired) electrons. The molecule has 0 aliphatic carbocycles. The Morgan fingerprint density at radius 3 is 2.52 bits per heavy atom. The Labute approximate surface area is 237 Å². The van der Waals surface area contributed by atoms with E-state index in [2.05, 4.69) is 67.9 Å². The van der Waals surface area contributed by atoms with Gasteiger partial charge in [0.05, 0.1) is 18.6 Å². The number of carboxylic acid groups (broad SMARTS) is 1. The Balaban J connectivity index is 1.73. The zero-order chi connectivity index (χ0) is 29.0. The maximum atomic E-state index is 11.4. The van der Waals surface area contributed by atoms with Crippen LogP contribution < -0.4 is 9.47 Å². The lowest BCUT2D eigenvalue weighted by Crippen LogP contribution is -2.36. The van der Waals surface area contributed by atoms with Gasteiger partial charge in [0.25, 0.3) is 0 Å². The Kier molecular flexibility index (Phi) is 9.11. The fourth-order valence-corrected chi connectivity index (χ4v) is 5.44. The number of aliphatic carboxylic acids is 1. The highest BCUT2D eigenvalue weighted by Gasteiger charge is 2.25. The number of methoxy groups -OCH3 is 1. The molecule has 0 saturated carbocycles. The number of fused-ring (bicyclic) bond motifs is 1. The third kappa shape index (κ3) is 6.46. The molecule has 4 rings (SSSR count). The molecule has 1 aliphatic heterocycles. The van der Waals surface area contributed by atoms with E-state index in [-0.39, 0.29) is 6.10 Å². The first-order valence-electron chi connectivity index (χ1n) is 14.0. The van der Waals surface area contributed by atoms with Crippen LogP contribution in [0.3, 0.4) is 0 Å². The summed E-state index contributed by atoms with van der Waals surface area (Å²) in [6.45, 7) is 11.2. The highest BCUT2D eigenvalue weighted by Crippen LogP contribution is 2.38. The third-order valence-electron chi connectivity index (χ3n) is 7.72. The number of hydrogen-bond acceptors (Lipinski definition) is 6. The number of aryl methyl sites for hydroxylation is 1. The molecule has 7 heteroatoms. The van der Waals surface area contributed by atoms with Crippen molar-refractivity contribution < 1.29 is 19.4 Å². The number of nitriles is 1. The van der Waals surface area contributed by atoms with Gasteiger partial charge in [0.2, 0.25) is 5.88 Å². The molecular formula is C33H39N3O4. The fraction of sp³-hybridized carbons (Fsp3) is 0.424. The quantitative estimate of drug-likeness (QED) is 0.310. The summed E-state index contributed by atoms with van der Waals surface area (Å²) in [5.41, 5.74) is 6.59. The summed E-state index contributed by atoms with van der Waals surface area (Å²) in [5, 5.41) is 19.2. The smallest absolute Gasteiger partial charge is 0.306 e. The molecule has 0 unspecified atom stereocenters. The van der Waals surface area contributed by atoms with Crippen molar-refractivity contribution in [2.24, 2.45) is 5.92 Å². The summed E-state index contributed by atoms with van der Waals surface area (Å²) in [5.74, 6) is 0.0392. The van der Waals surface area contributed by atoms with Gasteiger partial charge in [0.15, 0.2) is 0 Å². The minimum absolute atomic E-state index is 0.124. The number of aromatic nitrogens is 1. The van der Waals surface area contributed by atoms with Crippen LogP contribution in [0.4, 0.5) is 0 Å². The van der Waals surface area contributed by atoms with Gasteiger partial charge in [-0.2, -0.15) is 5.26 Å². The van der Waals surface area contributed by atoms with Crippen LogP contribution in [0.5, 0.6) is 11.6 Å². The van der Waals surface area contributed by atoms with Gasteiger partial charge in [-0.15, -0.1) is 0 Å². The lowest BCUT2D eigenvalue weighted by Gasteiger charge is -2.32. The van der Waals surface area contributed by atoms with Crippen molar-refractivity contribution in [1.82, 2.24) is 9.88 Å². The number of nitrogens with zero attached hydrogens (tertiary/aromatic N) is 3. The maximum Gasteiger partial charge on any atom is 0.306 e. The van der Waals surface area contributed by atoms with Gasteiger partial charge in [-0.1, -0.05) is 37.3 Å². The van der Waals surface area contributed by atoms with Gasteiger partial charge in [-0.05, 0) is 80.8 Å². The van der Waals surface area contributed by atoms with Crippen molar-refractivity contribution in [3.05, 3.63) is 76.5 Å². The number of ether oxygens (including phenoxy) is 2. The molecule has 0 spiro atoms. The summed E-state index contributed by atoms with van der Waals surface area (Å²) in [7, 11) is 1.58. The van der Waals surface area contributed by atoms with E-state index in [4.69, 9.17) is 9.47 Å². The molecule has 7 nitrogen and oxygen atoms in total. The molecule has 210 valence electrons. The second-order valence-electron chi connectivity index (χ2n) is 11.2. The normalized spacial score (nSPS) is 15.4. The number of benzene rings is 2. The number of pyridine rings is 1. The number of hydrogen-bond donors (Lipinski definition) is 1. The fourth-order valence-electron chi connectivity index (χ4n) is 5.44. The van der Waals surface area contributed by atoms with Crippen molar-refractivity contribution >= 4 is 5.97 Å². The van der Waals surface area contributed by atoms with E-state index in [1.807, 2.05) is 18.2 Å². The van der Waals surface area contributed by atoms with E-state index in [0.29, 0.717) is 36.5 Å². The van der Waals surface area contributed by atoms with Gasteiger partial charge >= 0.3 is 5.97 Å². The van der Waals surface area contributed by atoms with Crippen LogP contribution in [0.25, 0.3) is 11.1 Å². The SMILES string of the molecule is COc1cc(-c2ccc([C@@H]3CCc4ccc(C[C@H](C)C(=O)O)cc4O3)cc2CN(C(C)C)C(C)C)c(C#N)cn1. The number of carboxylic acids is 1. The minimum Gasteiger partial charge on any atom is -0.485 e. The average molecular weight is 542 g/mol. The molecule has 2 heterocycles. The van der Waals surface area contributed by atoms with Crippen LogP contribution in [0.2, 0.25) is 0 Å². The molecule has 1 aromatic heterocycles. The van der Waals surface area contributed by atoms with Crippen molar-refractivity contribution in [3.8, 4) is 28.8 Å². The molecule has 40 heavy (non-hydrogen) atoms. The first kappa shape index (κ1) is 29.1. The second-order valence-corrected chi connectivity index (χ2v) is 11.2. The monoisotopic (exact) mass is 541 g/mol. The van der Waals surface area contributed by atoms with E-state index >= 15 is 0 Å². The van der Waals surface area contributed by atoms with Crippen molar-refractivity contribution in [2.45, 2.75) is 78.6 Å². The van der Waals surface area contributed by atoms with Crippen LogP contribution in [-0.2, 0) is 24.2 Å². The summed E-state index contributed by atoms with van der Waals surface area (Å²) in [6.07, 6.45) is 3.64. The van der Waals surface area contributed by atoms with Gasteiger partial charge in [0.1, 0.15) is 17.9 Å². The van der Waals surface area contributed by atoms with E-state index in [0.717, 1.165) is 52.0 Å². The predicted molar refractivity (Wildman–Crippen MR) is 155 cm³/mol. The first-order valence-corrected chi connectivity index (χ1v) is 14.0. The Hall–Kier alpha value is -3.89. The molecule has 0 amide bonds. The highest BCUT2D eigenvalue weighted by molar-refractivity contribution is 5.74. The minimum atomic E-state index is -0.799. The molecular weight excluding hydrogens is 502 g/mol. The van der Waals surface area contributed by atoms with Crippen molar-refractivity contribution in [2.75, 3.05) is 7.11 Å². The zero-order valence-electron chi connectivity index (χ0n) is 24.3. The van der Waals surface area contributed by atoms with Crippen LogP contribution in [0, 0.1) is 17.2 Å². The van der Waals surface area contributed by atoms with Crippen LogP contribution in [0.15, 0.2) is 48.7 Å². The average Bonchev–Trinajstić information content (AvgIpc) is 2.94. The third-order valence-corrected chi connectivity index (χ3v) is 7.72. The Morgan fingerprint density at radius 1 is 1.12 bits per heavy atom. The van der Waals surface area contributed by atoms with Crippen LogP contribution in [-0.4, -0.2) is 40.2 Å². The van der Waals surface area contributed by atoms with Crippen LogP contribution in [0.1, 0.15) is 75.0 Å². The molecule has 2 atom stereocenters. The zero-order valence-corrected chi connectivity index (χ0v) is 24.3. The van der Waals surface area contributed by atoms with Gasteiger partial charge in [-0.3, -0.25) is 9.69 Å². The topological polar surface area (TPSA) is 95.7 Å². The molecule has 3 aromatic rings.